The summed E-state index contributed by atoms with van der Waals surface area (Å²) in [6.07, 6.45) is -0.192. The molecule has 1 rings (SSSR count). The Balaban J connectivity index is 2.51. The molecule has 7 heteroatoms. The topological polar surface area (TPSA) is 61.4 Å². The first-order valence-corrected chi connectivity index (χ1v) is 6.17. The standard InChI is InChI=1S/C13H17F3N2O2/c1-7(2)3-9(19)6-17-13(20)18-8-4-10(14)12(16)11(15)5-8/h4-5,7,9,19H,3,6H2,1-2H3,(H2,17,18,20). The van der Waals surface area contributed by atoms with Crippen LogP contribution in [0.5, 0.6) is 0 Å². The van der Waals surface area contributed by atoms with E-state index in [1.54, 1.807) is 0 Å². The molecule has 0 aliphatic heterocycles. The van der Waals surface area contributed by atoms with Crippen LogP contribution in [0.4, 0.5) is 23.7 Å². The van der Waals surface area contributed by atoms with Gasteiger partial charge in [-0.15, -0.1) is 0 Å². The lowest BCUT2D eigenvalue weighted by Gasteiger charge is -2.14. The lowest BCUT2D eigenvalue weighted by molar-refractivity contribution is 0.148. The van der Waals surface area contributed by atoms with Crippen molar-refractivity contribution in [2.24, 2.45) is 5.92 Å². The number of hydrogen-bond acceptors (Lipinski definition) is 2. The third-order valence-electron chi connectivity index (χ3n) is 2.48. The molecule has 0 fully saturated rings. The minimum absolute atomic E-state index is 0.0101. The van der Waals surface area contributed by atoms with Crippen LogP contribution in [-0.2, 0) is 0 Å². The number of carbonyl (C=O) groups excluding carboxylic acids is 1. The fourth-order valence-corrected chi connectivity index (χ4v) is 1.64. The summed E-state index contributed by atoms with van der Waals surface area (Å²) in [4.78, 5) is 11.4. The van der Waals surface area contributed by atoms with E-state index in [-0.39, 0.29) is 18.2 Å². The minimum Gasteiger partial charge on any atom is -0.391 e. The largest absolute Gasteiger partial charge is 0.391 e. The number of amides is 2. The Kier molecular flexibility index (Phi) is 5.82. The molecule has 0 spiro atoms. The predicted molar refractivity (Wildman–Crippen MR) is 68.8 cm³/mol. The Morgan fingerprint density at radius 2 is 1.80 bits per heavy atom. The number of halogens is 3. The van der Waals surface area contributed by atoms with Gasteiger partial charge in [0.2, 0.25) is 0 Å². The van der Waals surface area contributed by atoms with Crippen LogP contribution in [0, 0.1) is 23.4 Å². The van der Waals surface area contributed by atoms with Crippen molar-refractivity contribution in [3.05, 3.63) is 29.6 Å². The molecule has 1 aromatic carbocycles. The number of carbonyl (C=O) groups is 1. The maximum Gasteiger partial charge on any atom is 0.319 e. The van der Waals surface area contributed by atoms with Gasteiger partial charge in [0, 0.05) is 24.4 Å². The molecule has 0 aliphatic rings. The Labute approximate surface area is 115 Å². The second kappa shape index (κ2) is 7.14. The molecular formula is C13H17F3N2O2. The van der Waals surface area contributed by atoms with Crippen LogP contribution in [0.2, 0.25) is 0 Å². The highest BCUT2D eigenvalue weighted by Crippen LogP contribution is 2.17. The lowest BCUT2D eigenvalue weighted by Crippen LogP contribution is -2.35. The Bertz CT molecular complexity index is 458. The van der Waals surface area contributed by atoms with Crippen molar-refractivity contribution < 1.29 is 23.1 Å². The number of hydrogen-bond donors (Lipinski definition) is 3. The predicted octanol–water partition coefficient (Wildman–Crippen LogP) is 2.63. The number of nitrogens with one attached hydrogen (secondary N) is 2. The van der Waals surface area contributed by atoms with Crippen molar-refractivity contribution in [3.8, 4) is 0 Å². The van der Waals surface area contributed by atoms with Gasteiger partial charge in [-0.25, -0.2) is 18.0 Å². The van der Waals surface area contributed by atoms with Gasteiger partial charge in [-0.1, -0.05) is 13.8 Å². The van der Waals surface area contributed by atoms with Crippen LogP contribution in [0.25, 0.3) is 0 Å². The number of anilines is 1. The zero-order chi connectivity index (χ0) is 15.3. The Hall–Kier alpha value is -1.76. The second-order valence-electron chi connectivity index (χ2n) is 4.87. The highest BCUT2D eigenvalue weighted by Gasteiger charge is 2.13. The molecule has 1 aromatic rings. The molecule has 4 nitrogen and oxygen atoms in total. The molecule has 0 heterocycles. The monoisotopic (exact) mass is 290 g/mol. The molecule has 0 aliphatic carbocycles. The number of aliphatic hydroxyl groups excluding tert-OH is 1. The molecule has 0 saturated heterocycles. The van der Waals surface area contributed by atoms with Crippen molar-refractivity contribution >= 4 is 11.7 Å². The Morgan fingerprint density at radius 1 is 1.25 bits per heavy atom. The fourth-order valence-electron chi connectivity index (χ4n) is 1.64. The van der Waals surface area contributed by atoms with Crippen LogP contribution in [0.15, 0.2) is 12.1 Å². The number of urea groups is 1. The van der Waals surface area contributed by atoms with E-state index < -0.39 is 29.6 Å². The maximum atomic E-state index is 12.9. The first kappa shape index (κ1) is 16.3. The van der Waals surface area contributed by atoms with Crippen molar-refractivity contribution in [3.63, 3.8) is 0 Å². The van der Waals surface area contributed by atoms with E-state index >= 15 is 0 Å². The molecule has 3 N–H and O–H groups in total. The quantitative estimate of drug-likeness (QED) is 0.730. The Morgan fingerprint density at radius 3 is 2.30 bits per heavy atom. The molecule has 0 aromatic heterocycles. The summed E-state index contributed by atoms with van der Waals surface area (Å²) in [6.45, 7) is 3.86. The van der Waals surface area contributed by atoms with E-state index in [0.29, 0.717) is 18.6 Å². The normalized spacial score (nSPS) is 12.3. The summed E-state index contributed by atoms with van der Waals surface area (Å²) in [7, 11) is 0. The van der Waals surface area contributed by atoms with Crippen LogP contribution in [0.3, 0.4) is 0 Å². The average molecular weight is 290 g/mol. The third kappa shape index (κ3) is 5.08. The van der Waals surface area contributed by atoms with Crippen LogP contribution >= 0.6 is 0 Å². The van der Waals surface area contributed by atoms with Gasteiger partial charge in [0.1, 0.15) is 0 Å². The fraction of sp³-hybridized carbons (Fsp3) is 0.462. The zero-order valence-corrected chi connectivity index (χ0v) is 11.2. The highest BCUT2D eigenvalue weighted by atomic mass is 19.2. The molecule has 112 valence electrons. The van der Waals surface area contributed by atoms with E-state index in [1.807, 2.05) is 13.8 Å². The van der Waals surface area contributed by atoms with E-state index in [9.17, 15) is 23.1 Å². The molecule has 20 heavy (non-hydrogen) atoms. The summed E-state index contributed by atoms with van der Waals surface area (Å²) >= 11 is 0. The summed E-state index contributed by atoms with van der Waals surface area (Å²) in [5, 5.41) is 14.0. The first-order valence-electron chi connectivity index (χ1n) is 6.17. The first-order chi connectivity index (χ1) is 9.29. The number of aliphatic hydroxyl groups is 1. The molecule has 1 atom stereocenters. The van der Waals surface area contributed by atoms with E-state index in [1.165, 1.54) is 0 Å². The molecule has 0 saturated carbocycles. The van der Waals surface area contributed by atoms with Gasteiger partial charge in [-0.05, 0) is 12.3 Å². The van der Waals surface area contributed by atoms with Gasteiger partial charge in [0.25, 0.3) is 0 Å². The van der Waals surface area contributed by atoms with Gasteiger partial charge in [-0.2, -0.15) is 0 Å². The maximum absolute atomic E-state index is 12.9. The summed E-state index contributed by atoms with van der Waals surface area (Å²) in [5.41, 5.74) is -0.211. The lowest BCUT2D eigenvalue weighted by atomic mass is 10.1. The van der Waals surface area contributed by atoms with Gasteiger partial charge >= 0.3 is 6.03 Å². The van der Waals surface area contributed by atoms with Crippen molar-refractivity contribution in [1.82, 2.24) is 5.32 Å². The van der Waals surface area contributed by atoms with Crippen LogP contribution in [0.1, 0.15) is 20.3 Å². The third-order valence-corrected chi connectivity index (χ3v) is 2.48. The SMILES string of the molecule is CC(C)CC(O)CNC(=O)Nc1cc(F)c(F)c(F)c1. The van der Waals surface area contributed by atoms with Crippen molar-refractivity contribution in [1.29, 1.82) is 0 Å². The molecule has 0 bridgehead atoms. The van der Waals surface area contributed by atoms with E-state index in [2.05, 4.69) is 10.6 Å². The molecule has 1 unspecified atom stereocenters. The van der Waals surface area contributed by atoms with Crippen LogP contribution in [-0.4, -0.2) is 23.8 Å². The smallest absolute Gasteiger partial charge is 0.319 e. The van der Waals surface area contributed by atoms with Gasteiger partial charge in [0.15, 0.2) is 17.5 Å². The average Bonchev–Trinajstić information content (AvgIpc) is 2.32. The summed E-state index contributed by atoms with van der Waals surface area (Å²) in [6, 6.07) is 0.601. The van der Waals surface area contributed by atoms with E-state index in [4.69, 9.17) is 0 Å². The zero-order valence-electron chi connectivity index (χ0n) is 11.2. The number of benzene rings is 1. The molecular weight excluding hydrogens is 273 g/mol. The number of rotatable bonds is 5. The molecule has 2 amide bonds. The highest BCUT2D eigenvalue weighted by molar-refractivity contribution is 5.89. The molecule has 0 radical (unpaired) electrons. The summed E-state index contributed by atoms with van der Waals surface area (Å²) < 4.78 is 38.6. The van der Waals surface area contributed by atoms with Crippen LogP contribution < -0.4 is 10.6 Å². The van der Waals surface area contributed by atoms with Gasteiger partial charge in [-0.3, -0.25) is 0 Å². The van der Waals surface area contributed by atoms with Crippen molar-refractivity contribution in [2.45, 2.75) is 26.4 Å². The van der Waals surface area contributed by atoms with Crippen molar-refractivity contribution in [2.75, 3.05) is 11.9 Å². The summed E-state index contributed by atoms with van der Waals surface area (Å²) in [5.74, 6) is -4.10. The van der Waals surface area contributed by atoms with Gasteiger partial charge < -0.3 is 15.7 Å². The minimum atomic E-state index is -1.59. The second-order valence-corrected chi connectivity index (χ2v) is 4.87. The van der Waals surface area contributed by atoms with Gasteiger partial charge in [0.05, 0.1) is 6.10 Å². The van der Waals surface area contributed by atoms with E-state index in [0.717, 1.165) is 0 Å².